The third kappa shape index (κ3) is 11.9. The zero-order chi connectivity index (χ0) is 17.6. The fourth-order valence-corrected chi connectivity index (χ4v) is 3.60. The highest BCUT2D eigenvalue weighted by Crippen LogP contribution is 2.19. The van der Waals surface area contributed by atoms with Crippen molar-refractivity contribution in [3.05, 3.63) is 35.4 Å². The molecular formula is C20H30Cl4. The van der Waals surface area contributed by atoms with Gasteiger partial charge in [0.2, 0.25) is 0 Å². The molecule has 0 N–H and O–H groups in total. The summed E-state index contributed by atoms with van der Waals surface area (Å²) in [5, 5.41) is 0. The molecule has 1 aromatic carbocycles. The Morgan fingerprint density at radius 2 is 0.917 bits per heavy atom. The van der Waals surface area contributed by atoms with E-state index in [4.69, 9.17) is 46.4 Å². The normalized spacial score (nSPS) is 11.6. The van der Waals surface area contributed by atoms with Crippen molar-refractivity contribution in [2.24, 2.45) is 0 Å². The summed E-state index contributed by atoms with van der Waals surface area (Å²) in [7, 11) is 0. The van der Waals surface area contributed by atoms with Gasteiger partial charge >= 0.3 is 0 Å². The highest BCUT2D eigenvalue weighted by atomic mass is 35.5. The van der Waals surface area contributed by atoms with E-state index in [9.17, 15) is 0 Å². The van der Waals surface area contributed by atoms with Crippen molar-refractivity contribution in [1.82, 2.24) is 0 Å². The Morgan fingerprint density at radius 1 is 0.542 bits per heavy atom. The van der Waals surface area contributed by atoms with Crippen molar-refractivity contribution < 1.29 is 0 Å². The van der Waals surface area contributed by atoms with Crippen molar-refractivity contribution in [1.29, 1.82) is 0 Å². The molecule has 0 fully saturated rings. The van der Waals surface area contributed by atoms with Gasteiger partial charge in [-0.2, -0.15) is 0 Å². The number of rotatable bonds is 14. The summed E-state index contributed by atoms with van der Waals surface area (Å²) < 4.78 is 0. The van der Waals surface area contributed by atoms with Gasteiger partial charge in [-0.25, -0.2) is 0 Å². The van der Waals surface area contributed by atoms with E-state index in [1.165, 1.54) is 62.5 Å². The quantitative estimate of drug-likeness (QED) is 0.213. The molecule has 138 valence electrons. The van der Waals surface area contributed by atoms with Gasteiger partial charge in [-0.1, -0.05) is 62.8 Å². The van der Waals surface area contributed by atoms with E-state index in [0.29, 0.717) is 0 Å². The molecule has 0 aliphatic heterocycles. The van der Waals surface area contributed by atoms with Crippen LogP contribution in [0.3, 0.4) is 0 Å². The van der Waals surface area contributed by atoms with Crippen molar-refractivity contribution >= 4 is 46.4 Å². The first-order valence-electron chi connectivity index (χ1n) is 9.22. The zero-order valence-electron chi connectivity index (χ0n) is 14.5. The standard InChI is InChI=1S/C20H30Cl4/c21-19(22)15-7-3-1-5-11-17-13-9-10-14-18(17)12-6-2-4-8-16-20(23)24/h9-10,13-14,19-20H,1-8,11-12,15-16H2. The van der Waals surface area contributed by atoms with Crippen molar-refractivity contribution in [3.8, 4) is 0 Å². The van der Waals surface area contributed by atoms with Crippen LogP contribution in [-0.4, -0.2) is 9.67 Å². The first-order chi connectivity index (χ1) is 11.6. The maximum atomic E-state index is 5.76. The number of benzene rings is 1. The Labute approximate surface area is 168 Å². The van der Waals surface area contributed by atoms with Crippen LogP contribution >= 0.6 is 46.4 Å². The topological polar surface area (TPSA) is 0 Å². The van der Waals surface area contributed by atoms with Crippen LogP contribution < -0.4 is 0 Å². The first kappa shape index (κ1) is 22.4. The smallest absolute Gasteiger partial charge is 0.105 e. The van der Waals surface area contributed by atoms with Crippen LogP contribution in [0.4, 0.5) is 0 Å². The summed E-state index contributed by atoms with van der Waals surface area (Å²) in [4.78, 5) is -0.407. The maximum absolute atomic E-state index is 5.76. The second kappa shape index (κ2) is 14.5. The summed E-state index contributed by atoms with van der Waals surface area (Å²) in [6.45, 7) is 0. The van der Waals surface area contributed by atoms with E-state index in [0.717, 1.165) is 25.7 Å². The molecule has 0 atom stereocenters. The molecule has 4 heteroatoms. The van der Waals surface area contributed by atoms with Gasteiger partial charge in [0, 0.05) is 0 Å². The summed E-state index contributed by atoms with van der Waals surface area (Å²) in [5.74, 6) is 0. The second-order valence-electron chi connectivity index (χ2n) is 6.46. The Balaban J connectivity index is 2.19. The van der Waals surface area contributed by atoms with Crippen LogP contribution in [0.2, 0.25) is 0 Å². The SMILES string of the molecule is ClC(Cl)CCCCCCc1ccccc1CCCCCCC(Cl)Cl. The zero-order valence-corrected chi connectivity index (χ0v) is 17.5. The fraction of sp³-hybridized carbons (Fsp3) is 0.700. The average molecular weight is 412 g/mol. The number of alkyl halides is 4. The summed E-state index contributed by atoms with van der Waals surface area (Å²) >= 11 is 23.0. The molecule has 0 aliphatic carbocycles. The Morgan fingerprint density at radius 3 is 1.29 bits per heavy atom. The lowest BCUT2D eigenvalue weighted by atomic mass is 9.96. The van der Waals surface area contributed by atoms with Crippen LogP contribution in [0.5, 0.6) is 0 Å². The number of unbranched alkanes of at least 4 members (excludes halogenated alkanes) is 6. The molecule has 0 unspecified atom stereocenters. The third-order valence-corrected chi connectivity index (χ3v) is 5.23. The van der Waals surface area contributed by atoms with E-state index in [-0.39, 0.29) is 9.67 Å². The molecule has 0 aromatic heterocycles. The predicted octanol–water partition coefficient (Wildman–Crippen LogP) is 8.28. The lowest BCUT2D eigenvalue weighted by Gasteiger charge is -2.10. The molecule has 0 aliphatic rings. The van der Waals surface area contributed by atoms with Crippen molar-refractivity contribution in [2.75, 3.05) is 0 Å². The summed E-state index contributed by atoms with van der Waals surface area (Å²) in [6, 6.07) is 8.89. The van der Waals surface area contributed by atoms with Gasteiger partial charge in [0.25, 0.3) is 0 Å². The maximum Gasteiger partial charge on any atom is 0.107 e. The van der Waals surface area contributed by atoms with E-state index in [2.05, 4.69) is 24.3 Å². The number of aryl methyl sites for hydroxylation is 2. The Hall–Kier alpha value is 0.380. The lowest BCUT2D eigenvalue weighted by Crippen LogP contribution is -1.96. The molecule has 0 nitrogen and oxygen atoms in total. The van der Waals surface area contributed by atoms with Crippen LogP contribution in [-0.2, 0) is 12.8 Å². The van der Waals surface area contributed by atoms with Crippen LogP contribution in [0.1, 0.15) is 75.3 Å². The first-order valence-corrected chi connectivity index (χ1v) is 11.0. The van der Waals surface area contributed by atoms with Gasteiger partial charge in [-0.15, -0.1) is 46.4 Å². The Kier molecular flexibility index (Phi) is 13.6. The third-order valence-electron chi connectivity index (χ3n) is 4.36. The van der Waals surface area contributed by atoms with E-state index < -0.39 is 0 Å². The molecule has 1 rings (SSSR count). The highest BCUT2D eigenvalue weighted by molar-refractivity contribution is 6.44. The molecule has 0 spiro atoms. The highest BCUT2D eigenvalue weighted by Gasteiger charge is 2.03. The molecule has 0 radical (unpaired) electrons. The second-order valence-corrected chi connectivity index (χ2v) is 9.01. The van der Waals surface area contributed by atoms with Crippen molar-refractivity contribution in [2.45, 2.75) is 86.7 Å². The van der Waals surface area contributed by atoms with E-state index in [1.807, 2.05) is 0 Å². The van der Waals surface area contributed by atoms with Crippen molar-refractivity contribution in [3.63, 3.8) is 0 Å². The molecule has 0 saturated heterocycles. The van der Waals surface area contributed by atoms with E-state index in [1.54, 1.807) is 0 Å². The fourth-order valence-electron chi connectivity index (χ4n) is 2.98. The average Bonchev–Trinajstić information content (AvgIpc) is 2.54. The molecule has 0 bridgehead atoms. The van der Waals surface area contributed by atoms with Gasteiger partial charge in [-0.3, -0.25) is 0 Å². The minimum Gasteiger partial charge on any atom is -0.105 e. The van der Waals surface area contributed by atoms with Gasteiger partial charge in [0.05, 0.1) is 0 Å². The van der Waals surface area contributed by atoms with E-state index >= 15 is 0 Å². The number of hydrogen-bond acceptors (Lipinski definition) is 0. The molecule has 0 amide bonds. The summed E-state index contributed by atoms with van der Waals surface area (Å²) in [5.41, 5.74) is 3.04. The molecule has 1 aromatic rings. The van der Waals surface area contributed by atoms with Gasteiger partial charge in [0.15, 0.2) is 0 Å². The Bertz CT molecular complexity index is 379. The van der Waals surface area contributed by atoms with Crippen LogP contribution in [0, 0.1) is 0 Å². The minimum absolute atomic E-state index is 0.203. The van der Waals surface area contributed by atoms with Gasteiger partial charge < -0.3 is 0 Å². The molecule has 0 heterocycles. The van der Waals surface area contributed by atoms with Crippen LogP contribution in [0.25, 0.3) is 0 Å². The largest absolute Gasteiger partial charge is 0.107 e. The van der Waals surface area contributed by atoms with Gasteiger partial charge in [0.1, 0.15) is 9.67 Å². The molecule has 0 saturated carbocycles. The predicted molar refractivity (Wildman–Crippen MR) is 111 cm³/mol. The molecular weight excluding hydrogens is 382 g/mol. The summed E-state index contributed by atoms with van der Waals surface area (Å²) in [6.07, 6.45) is 13.9. The monoisotopic (exact) mass is 410 g/mol. The molecule has 24 heavy (non-hydrogen) atoms. The van der Waals surface area contributed by atoms with Crippen LogP contribution in [0.15, 0.2) is 24.3 Å². The number of hydrogen-bond donors (Lipinski definition) is 0. The lowest BCUT2D eigenvalue weighted by molar-refractivity contribution is 0.616. The minimum atomic E-state index is -0.203. The number of halogens is 4. The van der Waals surface area contributed by atoms with Gasteiger partial charge in [-0.05, 0) is 49.7 Å².